The molecule has 5 heteroatoms. The summed E-state index contributed by atoms with van der Waals surface area (Å²) >= 11 is 5.22. The number of rotatable bonds is 5. The summed E-state index contributed by atoms with van der Waals surface area (Å²) in [7, 11) is 2.03. The molecular weight excluding hydrogens is 298 g/mol. The van der Waals surface area contributed by atoms with Gasteiger partial charge in [0.25, 0.3) is 0 Å². The molecule has 0 amide bonds. The molecule has 0 aliphatic rings. The van der Waals surface area contributed by atoms with Crippen molar-refractivity contribution in [3.05, 3.63) is 39.0 Å². The largest absolute Gasteiger partial charge is 0.336 e. The highest BCUT2D eigenvalue weighted by Crippen LogP contribution is 2.28. The van der Waals surface area contributed by atoms with Crippen LogP contribution in [0.4, 0.5) is 0 Å². The third kappa shape index (κ3) is 2.97. The predicted octanol–water partition coefficient (Wildman–Crippen LogP) is 3.33. The van der Waals surface area contributed by atoms with Gasteiger partial charge in [0.15, 0.2) is 0 Å². The molecule has 0 fully saturated rings. The van der Waals surface area contributed by atoms with Gasteiger partial charge in [-0.05, 0) is 45.9 Å². The van der Waals surface area contributed by atoms with Gasteiger partial charge >= 0.3 is 0 Å². The lowest BCUT2D eigenvalue weighted by Crippen LogP contribution is -2.25. The van der Waals surface area contributed by atoms with E-state index >= 15 is 0 Å². The topological polar surface area (TPSA) is 29.9 Å². The second-order valence-corrected chi connectivity index (χ2v) is 6.26. The molecule has 92 valence electrons. The van der Waals surface area contributed by atoms with Gasteiger partial charge < -0.3 is 9.88 Å². The highest BCUT2D eigenvalue weighted by Gasteiger charge is 2.18. The second-order valence-electron chi connectivity index (χ2n) is 3.97. The number of thiophene rings is 1. The number of aromatic nitrogens is 2. The van der Waals surface area contributed by atoms with Crippen molar-refractivity contribution in [3.8, 4) is 0 Å². The van der Waals surface area contributed by atoms with E-state index in [-0.39, 0.29) is 6.04 Å². The molecule has 0 aliphatic carbocycles. The summed E-state index contributed by atoms with van der Waals surface area (Å²) in [5, 5.41) is 5.72. The lowest BCUT2D eigenvalue weighted by Gasteiger charge is -2.17. The summed E-state index contributed by atoms with van der Waals surface area (Å²) in [4.78, 5) is 4.44. The third-order valence-electron chi connectivity index (χ3n) is 2.64. The average Bonchev–Trinajstić information content (AvgIpc) is 2.90. The van der Waals surface area contributed by atoms with Crippen molar-refractivity contribution < 1.29 is 0 Å². The number of hydrogen-bond donors (Lipinski definition) is 1. The first-order chi connectivity index (χ1) is 8.22. The lowest BCUT2D eigenvalue weighted by atomic mass is 10.1. The van der Waals surface area contributed by atoms with Gasteiger partial charge in [-0.25, -0.2) is 4.98 Å². The Balaban J connectivity index is 2.28. The van der Waals surface area contributed by atoms with Gasteiger partial charge in [0, 0.05) is 19.4 Å². The van der Waals surface area contributed by atoms with E-state index < -0.39 is 0 Å². The molecule has 1 atom stereocenters. The fourth-order valence-corrected chi connectivity index (χ4v) is 2.98. The Hall–Kier alpha value is -0.650. The molecule has 0 aliphatic heterocycles. The Kier molecular flexibility index (Phi) is 4.36. The third-order valence-corrected chi connectivity index (χ3v) is 4.16. The number of imidazole rings is 1. The van der Waals surface area contributed by atoms with E-state index in [4.69, 9.17) is 0 Å². The molecule has 0 spiro atoms. The zero-order valence-electron chi connectivity index (χ0n) is 9.98. The first-order valence-corrected chi connectivity index (χ1v) is 7.34. The maximum absolute atomic E-state index is 4.44. The van der Waals surface area contributed by atoms with Crippen molar-refractivity contribution in [2.24, 2.45) is 7.05 Å². The first kappa shape index (κ1) is 12.8. The van der Waals surface area contributed by atoms with Gasteiger partial charge in [0.2, 0.25) is 0 Å². The van der Waals surface area contributed by atoms with Crippen LogP contribution in [0.3, 0.4) is 0 Å². The zero-order valence-corrected chi connectivity index (χ0v) is 12.4. The average molecular weight is 314 g/mol. The number of aryl methyl sites for hydroxylation is 1. The Morgan fingerprint density at radius 1 is 1.59 bits per heavy atom. The molecule has 0 saturated carbocycles. The van der Waals surface area contributed by atoms with Gasteiger partial charge in [0.05, 0.1) is 9.83 Å². The van der Waals surface area contributed by atoms with Gasteiger partial charge in [0.1, 0.15) is 5.82 Å². The van der Waals surface area contributed by atoms with Crippen LogP contribution in [-0.2, 0) is 7.05 Å². The van der Waals surface area contributed by atoms with Crippen LogP contribution < -0.4 is 5.32 Å². The molecule has 2 rings (SSSR count). The van der Waals surface area contributed by atoms with E-state index in [9.17, 15) is 0 Å². The Labute approximate surface area is 114 Å². The van der Waals surface area contributed by atoms with Crippen LogP contribution in [-0.4, -0.2) is 16.1 Å². The first-order valence-electron chi connectivity index (χ1n) is 5.67. The summed E-state index contributed by atoms with van der Waals surface area (Å²) in [6, 6.07) is 2.34. The monoisotopic (exact) mass is 313 g/mol. The van der Waals surface area contributed by atoms with Crippen molar-refractivity contribution in [3.63, 3.8) is 0 Å². The Bertz CT molecular complexity index is 478. The number of halogens is 1. The molecule has 2 heterocycles. The Morgan fingerprint density at radius 3 is 2.94 bits per heavy atom. The standard InChI is InChI=1S/C12H16BrN3S/c1-3-4-14-11(9-7-10(13)17-8-9)12-15-5-6-16(12)2/h5-8,11,14H,3-4H2,1-2H3. The lowest BCUT2D eigenvalue weighted by molar-refractivity contribution is 0.557. The van der Waals surface area contributed by atoms with E-state index in [2.05, 4.69) is 49.2 Å². The van der Waals surface area contributed by atoms with Crippen molar-refractivity contribution in [2.45, 2.75) is 19.4 Å². The van der Waals surface area contributed by atoms with Crippen molar-refractivity contribution in [2.75, 3.05) is 6.54 Å². The molecule has 1 unspecified atom stereocenters. The van der Waals surface area contributed by atoms with Crippen LogP contribution in [0.1, 0.15) is 30.8 Å². The summed E-state index contributed by atoms with van der Waals surface area (Å²) in [6.45, 7) is 3.16. The van der Waals surface area contributed by atoms with Crippen LogP contribution in [0.5, 0.6) is 0 Å². The maximum atomic E-state index is 4.44. The summed E-state index contributed by atoms with van der Waals surface area (Å²) in [6.07, 6.45) is 4.95. The fraction of sp³-hybridized carbons (Fsp3) is 0.417. The van der Waals surface area contributed by atoms with Crippen LogP contribution in [0, 0.1) is 0 Å². The van der Waals surface area contributed by atoms with Gasteiger partial charge in [-0.2, -0.15) is 0 Å². The highest BCUT2D eigenvalue weighted by atomic mass is 79.9. The van der Waals surface area contributed by atoms with Crippen molar-refractivity contribution in [1.29, 1.82) is 0 Å². The molecule has 0 saturated heterocycles. The van der Waals surface area contributed by atoms with Crippen LogP contribution in [0.15, 0.2) is 27.6 Å². The molecule has 0 bridgehead atoms. The summed E-state index contributed by atoms with van der Waals surface area (Å²) in [5.74, 6) is 1.06. The fourth-order valence-electron chi connectivity index (χ4n) is 1.78. The molecule has 17 heavy (non-hydrogen) atoms. The number of nitrogens with zero attached hydrogens (tertiary/aromatic N) is 2. The second kappa shape index (κ2) is 5.80. The highest BCUT2D eigenvalue weighted by molar-refractivity contribution is 9.11. The normalized spacial score (nSPS) is 12.9. The van der Waals surface area contributed by atoms with Crippen molar-refractivity contribution in [1.82, 2.24) is 14.9 Å². The Morgan fingerprint density at radius 2 is 2.41 bits per heavy atom. The molecule has 1 N–H and O–H groups in total. The van der Waals surface area contributed by atoms with E-state index in [1.54, 1.807) is 11.3 Å². The number of nitrogens with one attached hydrogen (secondary N) is 1. The smallest absolute Gasteiger partial charge is 0.130 e. The molecule has 0 aromatic carbocycles. The molecule has 2 aromatic rings. The minimum Gasteiger partial charge on any atom is -0.336 e. The van der Waals surface area contributed by atoms with Gasteiger partial charge in [-0.1, -0.05) is 6.92 Å². The van der Waals surface area contributed by atoms with Crippen molar-refractivity contribution >= 4 is 27.3 Å². The van der Waals surface area contributed by atoms with Crippen LogP contribution in [0.25, 0.3) is 0 Å². The maximum Gasteiger partial charge on any atom is 0.130 e. The SMILES string of the molecule is CCCNC(c1csc(Br)c1)c1nccn1C. The minimum absolute atomic E-state index is 0.178. The van der Waals surface area contributed by atoms with E-state index in [1.807, 2.05) is 19.4 Å². The number of hydrogen-bond acceptors (Lipinski definition) is 3. The summed E-state index contributed by atoms with van der Waals surface area (Å²) < 4.78 is 3.23. The summed E-state index contributed by atoms with van der Waals surface area (Å²) in [5.41, 5.74) is 1.27. The molecular formula is C12H16BrN3S. The molecule has 2 aromatic heterocycles. The van der Waals surface area contributed by atoms with Gasteiger partial charge in [-0.15, -0.1) is 11.3 Å². The van der Waals surface area contributed by atoms with E-state index in [0.717, 1.165) is 22.6 Å². The molecule has 3 nitrogen and oxygen atoms in total. The molecule has 0 radical (unpaired) electrons. The van der Waals surface area contributed by atoms with Crippen LogP contribution >= 0.6 is 27.3 Å². The van der Waals surface area contributed by atoms with E-state index in [0.29, 0.717) is 0 Å². The quantitative estimate of drug-likeness (QED) is 0.917. The zero-order chi connectivity index (χ0) is 12.3. The predicted molar refractivity (Wildman–Crippen MR) is 75.4 cm³/mol. The van der Waals surface area contributed by atoms with Crippen LogP contribution in [0.2, 0.25) is 0 Å². The van der Waals surface area contributed by atoms with Gasteiger partial charge in [-0.3, -0.25) is 0 Å². The van der Waals surface area contributed by atoms with E-state index in [1.165, 1.54) is 5.56 Å². The minimum atomic E-state index is 0.178.